The number of aliphatic carboxylic acids is 1. The Hall–Kier alpha value is 0.430. The molecule has 0 spiro atoms. The number of rotatable bonds is 7. The maximum Gasteiger partial charge on any atom is 0.303 e. The van der Waals surface area contributed by atoms with Crippen LogP contribution in [0.4, 0.5) is 0 Å². The Kier molecular flexibility index (Phi) is 8.34. The molecule has 0 saturated heterocycles. The maximum absolute atomic E-state index is 10.1. The van der Waals surface area contributed by atoms with Gasteiger partial charge in [0.05, 0.1) is 0 Å². The molecule has 0 aliphatic heterocycles. The summed E-state index contributed by atoms with van der Waals surface area (Å²) in [6.45, 7) is 0. The second-order valence-corrected chi connectivity index (χ2v) is 4.69. The topological polar surface area (TPSA) is 37.3 Å². The molecule has 2 nitrogen and oxygen atoms in total. The van der Waals surface area contributed by atoms with Crippen molar-refractivity contribution in [3.8, 4) is 0 Å². The van der Waals surface area contributed by atoms with E-state index in [9.17, 15) is 4.79 Å². The summed E-state index contributed by atoms with van der Waals surface area (Å²) in [5, 5.41) is 9.32. The van der Waals surface area contributed by atoms with Crippen LogP contribution in [0, 0.1) is 0 Å². The Balaban J connectivity index is 3.05. The summed E-state index contributed by atoms with van der Waals surface area (Å²) in [7, 11) is 0. The van der Waals surface area contributed by atoms with Gasteiger partial charge in [-0.2, -0.15) is 0 Å². The van der Waals surface area contributed by atoms with Crippen molar-refractivity contribution in [2.24, 2.45) is 0 Å². The monoisotopic (exact) mass is 300 g/mol. The highest BCUT2D eigenvalue weighted by atomic mass is 79.9. The predicted molar refractivity (Wildman–Crippen MR) is 57.2 cm³/mol. The largest absolute Gasteiger partial charge is 0.481 e. The van der Waals surface area contributed by atoms with Crippen LogP contribution in [-0.4, -0.2) is 21.2 Å². The molecule has 0 aliphatic rings. The van der Waals surface area contributed by atoms with Gasteiger partial charge in [-0.05, 0) is 12.8 Å². The lowest BCUT2D eigenvalue weighted by Gasteiger charge is -2.03. The zero-order valence-electron chi connectivity index (χ0n) is 6.93. The highest BCUT2D eigenvalue weighted by Gasteiger charge is 2.01. The van der Waals surface area contributed by atoms with Gasteiger partial charge in [-0.15, -0.1) is 0 Å². The van der Waals surface area contributed by atoms with Crippen molar-refractivity contribution in [1.82, 2.24) is 0 Å². The normalized spacial score (nSPS) is 12.8. The lowest BCUT2D eigenvalue weighted by Crippen LogP contribution is -1.99. The van der Waals surface area contributed by atoms with Gasteiger partial charge in [0.15, 0.2) is 0 Å². The number of hydrogen-bond donors (Lipinski definition) is 1. The average molecular weight is 302 g/mol. The van der Waals surface area contributed by atoms with E-state index in [4.69, 9.17) is 5.11 Å². The summed E-state index contributed by atoms with van der Waals surface area (Å²) in [5.41, 5.74) is 0. The van der Waals surface area contributed by atoms with Gasteiger partial charge in [-0.25, -0.2) is 0 Å². The molecule has 1 unspecified atom stereocenters. The van der Waals surface area contributed by atoms with Crippen LogP contribution in [0.25, 0.3) is 0 Å². The molecule has 1 N–H and O–H groups in total. The lowest BCUT2D eigenvalue weighted by molar-refractivity contribution is -0.137. The third kappa shape index (κ3) is 8.53. The van der Waals surface area contributed by atoms with E-state index in [-0.39, 0.29) is 0 Å². The summed E-state index contributed by atoms with van der Waals surface area (Å²) in [6.07, 6.45) is 4.35. The number of alkyl halides is 2. The average Bonchev–Trinajstić information content (AvgIpc) is 2.03. The molecule has 0 fully saturated rings. The van der Waals surface area contributed by atoms with Crippen LogP contribution in [0.2, 0.25) is 0 Å². The van der Waals surface area contributed by atoms with Gasteiger partial charge in [-0.1, -0.05) is 44.7 Å². The number of carboxylic acids is 1. The molecular weight excluding hydrogens is 288 g/mol. The molecule has 0 heterocycles. The van der Waals surface area contributed by atoms with Gasteiger partial charge in [0, 0.05) is 16.6 Å². The summed E-state index contributed by atoms with van der Waals surface area (Å²) in [5.74, 6) is -0.689. The Morgan fingerprint density at radius 2 is 2.00 bits per heavy atom. The number of carbonyl (C=O) groups is 1. The standard InChI is InChI=1S/C8H14Br2O2/c9-6-7(10)4-2-1-3-5-8(11)12/h7H,1-6H2,(H,11,12). The second kappa shape index (κ2) is 8.05. The first-order valence-corrected chi connectivity index (χ1v) is 6.12. The minimum absolute atomic E-state index is 0.307. The Labute approximate surface area is 90.0 Å². The van der Waals surface area contributed by atoms with Crippen molar-refractivity contribution in [2.45, 2.75) is 36.9 Å². The van der Waals surface area contributed by atoms with Crippen molar-refractivity contribution in [1.29, 1.82) is 0 Å². The molecule has 0 amide bonds. The van der Waals surface area contributed by atoms with Gasteiger partial charge in [-0.3, -0.25) is 4.79 Å². The van der Waals surface area contributed by atoms with Crippen molar-refractivity contribution < 1.29 is 9.90 Å². The van der Waals surface area contributed by atoms with Crippen LogP contribution in [0.3, 0.4) is 0 Å². The van der Waals surface area contributed by atoms with Crippen LogP contribution in [-0.2, 0) is 4.79 Å². The number of carboxylic acid groups (broad SMARTS) is 1. The van der Waals surface area contributed by atoms with E-state index in [2.05, 4.69) is 31.9 Å². The molecule has 4 heteroatoms. The second-order valence-electron chi connectivity index (χ2n) is 2.74. The van der Waals surface area contributed by atoms with E-state index in [0.29, 0.717) is 11.2 Å². The molecule has 0 aromatic carbocycles. The SMILES string of the molecule is O=C(O)CCCCCC(Br)CBr. The third-order valence-corrected chi connectivity index (χ3v) is 4.01. The molecule has 12 heavy (non-hydrogen) atoms. The Morgan fingerprint density at radius 3 is 2.50 bits per heavy atom. The van der Waals surface area contributed by atoms with Gasteiger partial charge in [0.2, 0.25) is 0 Å². The van der Waals surface area contributed by atoms with Gasteiger partial charge < -0.3 is 5.11 Å². The lowest BCUT2D eigenvalue weighted by atomic mass is 10.1. The molecule has 0 rings (SSSR count). The van der Waals surface area contributed by atoms with Gasteiger partial charge >= 0.3 is 5.97 Å². The minimum atomic E-state index is -0.689. The van der Waals surface area contributed by atoms with E-state index in [1.165, 1.54) is 0 Å². The van der Waals surface area contributed by atoms with E-state index in [1.807, 2.05) is 0 Å². The number of halogens is 2. The van der Waals surface area contributed by atoms with E-state index < -0.39 is 5.97 Å². The number of unbranched alkanes of at least 4 members (excludes halogenated alkanes) is 2. The summed E-state index contributed by atoms with van der Waals surface area (Å²) in [4.78, 5) is 10.7. The van der Waals surface area contributed by atoms with Crippen LogP contribution >= 0.6 is 31.9 Å². The maximum atomic E-state index is 10.1. The molecule has 72 valence electrons. The molecule has 1 atom stereocenters. The third-order valence-electron chi connectivity index (χ3n) is 1.58. The van der Waals surface area contributed by atoms with Crippen LogP contribution in [0.1, 0.15) is 32.1 Å². The Bertz CT molecular complexity index is 128. The van der Waals surface area contributed by atoms with E-state index in [1.54, 1.807) is 0 Å². The van der Waals surface area contributed by atoms with Crippen molar-refractivity contribution in [3.05, 3.63) is 0 Å². The smallest absolute Gasteiger partial charge is 0.303 e. The fraction of sp³-hybridized carbons (Fsp3) is 0.875. The zero-order valence-corrected chi connectivity index (χ0v) is 10.1. The fourth-order valence-electron chi connectivity index (χ4n) is 0.896. The summed E-state index contributed by atoms with van der Waals surface area (Å²) in [6, 6.07) is 0. The van der Waals surface area contributed by atoms with Crippen molar-refractivity contribution in [2.75, 3.05) is 5.33 Å². The first-order chi connectivity index (χ1) is 5.66. The zero-order chi connectivity index (χ0) is 9.40. The molecule has 0 aliphatic carbocycles. The van der Waals surface area contributed by atoms with Gasteiger partial charge in [0.25, 0.3) is 0 Å². The van der Waals surface area contributed by atoms with E-state index >= 15 is 0 Å². The molecule has 0 aromatic rings. The predicted octanol–water partition coefficient (Wildman–Crippen LogP) is 3.18. The summed E-state index contributed by atoms with van der Waals surface area (Å²) < 4.78 is 0. The van der Waals surface area contributed by atoms with Gasteiger partial charge in [0.1, 0.15) is 0 Å². The van der Waals surface area contributed by atoms with Crippen molar-refractivity contribution in [3.63, 3.8) is 0 Å². The number of hydrogen-bond acceptors (Lipinski definition) is 1. The van der Waals surface area contributed by atoms with Crippen molar-refractivity contribution >= 4 is 37.8 Å². The molecule has 0 saturated carbocycles. The molecule has 0 aromatic heterocycles. The van der Waals surface area contributed by atoms with Crippen LogP contribution < -0.4 is 0 Å². The molecule has 0 radical (unpaired) electrons. The quantitative estimate of drug-likeness (QED) is 0.579. The van der Waals surface area contributed by atoms with Crippen LogP contribution in [0.15, 0.2) is 0 Å². The molecular formula is C8H14Br2O2. The highest BCUT2D eigenvalue weighted by Crippen LogP contribution is 2.13. The molecule has 0 bridgehead atoms. The first kappa shape index (κ1) is 12.4. The van der Waals surface area contributed by atoms with Crippen LogP contribution in [0.5, 0.6) is 0 Å². The Morgan fingerprint density at radius 1 is 1.33 bits per heavy atom. The van der Waals surface area contributed by atoms with E-state index in [0.717, 1.165) is 31.0 Å². The summed E-state index contributed by atoms with van der Waals surface area (Å²) >= 11 is 6.86. The highest BCUT2D eigenvalue weighted by molar-refractivity contribution is 9.12. The first-order valence-electron chi connectivity index (χ1n) is 4.08. The fourth-order valence-corrected chi connectivity index (χ4v) is 1.54. The minimum Gasteiger partial charge on any atom is -0.481 e.